The topological polar surface area (TPSA) is 72.8 Å². The van der Waals surface area contributed by atoms with Crippen molar-refractivity contribution in [2.45, 2.75) is 50.5 Å². The number of ketones is 1. The summed E-state index contributed by atoms with van der Waals surface area (Å²) in [6.45, 7) is 0. The molecule has 26 heavy (non-hydrogen) atoms. The van der Waals surface area contributed by atoms with Gasteiger partial charge in [-0.1, -0.05) is 12.2 Å². The Bertz CT molecular complexity index is 773. The molecule has 3 aliphatic rings. The molecule has 2 atom stereocenters. The molecule has 1 aromatic carbocycles. The summed E-state index contributed by atoms with van der Waals surface area (Å²) in [5, 5.41) is 9.52. The fourth-order valence-electron chi connectivity index (χ4n) is 4.73. The third-order valence-corrected chi connectivity index (χ3v) is 6.13. The monoisotopic (exact) mass is 356 g/mol. The lowest BCUT2D eigenvalue weighted by Gasteiger charge is -2.24. The number of ether oxygens (including phenoxy) is 2. The summed E-state index contributed by atoms with van der Waals surface area (Å²) in [5.41, 5.74) is 1.29. The molecule has 0 aromatic heterocycles. The van der Waals surface area contributed by atoms with Crippen molar-refractivity contribution >= 4 is 11.8 Å². The van der Waals surface area contributed by atoms with Crippen LogP contribution >= 0.6 is 0 Å². The molecule has 1 N–H and O–H groups in total. The van der Waals surface area contributed by atoms with Gasteiger partial charge in [-0.15, -0.1) is 0 Å². The molecule has 0 bridgehead atoms. The van der Waals surface area contributed by atoms with Gasteiger partial charge in [0.25, 0.3) is 0 Å². The highest BCUT2D eigenvalue weighted by molar-refractivity contribution is 6.02. The number of methoxy groups -OCH3 is 1. The molecule has 1 aromatic rings. The zero-order valence-corrected chi connectivity index (χ0v) is 15.0. The van der Waals surface area contributed by atoms with Crippen LogP contribution in [0, 0.1) is 11.8 Å². The highest BCUT2D eigenvalue weighted by Crippen LogP contribution is 2.50. The van der Waals surface area contributed by atoms with Crippen LogP contribution in [0.4, 0.5) is 0 Å². The van der Waals surface area contributed by atoms with E-state index in [0.29, 0.717) is 36.3 Å². The maximum atomic E-state index is 13.3. The largest absolute Gasteiger partial charge is 0.493 e. The first-order valence-electron chi connectivity index (χ1n) is 9.35. The average molecular weight is 356 g/mol. The van der Waals surface area contributed by atoms with Crippen molar-refractivity contribution in [1.82, 2.24) is 0 Å². The van der Waals surface area contributed by atoms with Crippen LogP contribution in [-0.4, -0.2) is 29.6 Å². The second kappa shape index (κ2) is 6.45. The van der Waals surface area contributed by atoms with Gasteiger partial charge in [-0.25, -0.2) is 0 Å². The number of carboxylic acids is 1. The predicted octanol–water partition coefficient (Wildman–Crippen LogP) is 3.79. The quantitative estimate of drug-likeness (QED) is 0.656. The Hall–Kier alpha value is -2.30. The Morgan fingerprint density at radius 3 is 2.50 bits per heavy atom. The van der Waals surface area contributed by atoms with Gasteiger partial charge < -0.3 is 14.6 Å². The number of carbonyl (C=O) groups is 2. The fourth-order valence-corrected chi connectivity index (χ4v) is 4.73. The van der Waals surface area contributed by atoms with Crippen LogP contribution in [0.15, 0.2) is 24.3 Å². The molecule has 4 rings (SSSR count). The molecule has 2 aliphatic carbocycles. The number of hydrogen-bond donors (Lipinski definition) is 1. The van der Waals surface area contributed by atoms with Gasteiger partial charge in [0, 0.05) is 23.5 Å². The summed E-state index contributed by atoms with van der Waals surface area (Å²) in [5.74, 6) is -0.832. The lowest BCUT2D eigenvalue weighted by atomic mass is 9.77. The fraction of sp³-hybridized carbons (Fsp3) is 0.524. The number of carboxylic acid groups (broad SMARTS) is 1. The lowest BCUT2D eigenvalue weighted by Crippen LogP contribution is -2.32. The Labute approximate surface area is 153 Å². The van der Waals surface area contributed by atoms with Crippen LogP contribution in [-0.2, 0) is 11.2 Å². The molecule has 0 amide bonds. The summed E-state index contributed by atoms with van der Waals surface area (Å²) in [6.07, 6.45) is 9.61. The molecular formula is C21H24O5. The van der Waals surface area contributed by atoms with Crippen molar-refractivity contribution in [2.75, 3.05) is 7.11 Å². The van der Waals surface area contributed by atoms with Gasteiger partial charge in [-0.2, -0.15) is 0 Å². The second-order valence-corrected chi connectivity index (χ2v) is 7.65. The standard InChI is InChI=1S/C21H24O5/c1-25-17-9-8-14(16-12-21(26-19(16)17)10-4-5-11-21)18(22)13-6-2-3-7-15(13)20(23)24/h2-3,8-9,13,15H,4-7,10-12H2,1H3,(H,23,24). The van der Waals surface area contributed by atoms with Gasteiger partial charge in [-0.05, 0) is 50.7 Å². The number of rotatable bonds is 4. The first-order chi connectivity index (χ1) is 12.5. The van der Waals surface area contributed by atoms with E-state index < -0.39 is 17.8 Å². The lowest BCUT2D eigenvalue weighted by molar-refractivity contribution is -0.143. The van der Waals surface area contributed by atoms with Crippen molar-refractivity contribution < 1.29 is 24.2 Å². The molecule has 1 aliphatic heterocycles. The van der Waals surface area contributed by atoms with E-state index in [9.17, 15) is 14.7 Å². The molecule has 2 unspecified atom stereocenters. The van der Waals surface area contributed by atoms with Gasteiger partial charge in [0.2, 0.25) is 0 Å². The molecule has 1 saturated carbocycles. The summed E-state index contributed by atoms with van der Waals surface area (Å²) in [7, 11) is 1.60. The number of carbonyl (C=O) groups excluding carboxylic acids is 1. The Kier molecular flexibility index (Phi) is 4.25. The molecule has 1 heterocycles. The molecule has 5 nitrogen and oxygen atoms in total. The predicted molar refractivity (Wildman–Crippen MR) is 95.8 cm³/mol. The third-order valence-electron chi connectivity index (χ3n) is 6.13. The van der Waals surface area contributed by atoms with E-state index >= 15 is 0 Å². The maximum absolute atomic E-state index is 13.3. The highest BCUT2D eigenvalue weighted by atomic mass is 16.5. The van der Waals surface area contributed by atoms with Crippen LogP contribution in [0.1, 0.15) is 54.4 Å². The summed E-state index contributed by atoms with van der Waals surface area (Å²) < 4.78 is 11.8. The SMILES string of the molecule is COc1ccc(C(=O)C2CC=CCC2C(=O)O)c2c1OC1(CCCC1)C2. The maximum Gasteiger partial charge on any atom is 0.307 e. The summed E-state index contributed by atoms with van der Waals surface area (Å²) >= 11 is 0. The molecule has 138 valence electrons. The first-order valence-corrected chi connectivity index (χ1v) is 9.35. The first kappa shape index (κ1) is 17.1. The van der Waals surface area contributed by atoms with Crippen LogP contribution in [0.3, 0.4) is 0 Å². The summed E-state index contributed by atoms with van der Waals surface area (Å²) in [4.78, 5) is 24.9. The molecule has 5 heteroatoms. The van der Waals surface area contributed by atoms with Crippen molar-refractivity contribution in [1.29, 1.82) is 0 Å². The van der Waals surface area contributed by atoms with Crippen molar-refractivity contribution in [3.05, 3.63) is 35.4 Å². The highest BCUT2D eigenvalue weighted by Gasteiger charge is 2.45. The van der Waals surface area contributed by atoms with Gasteiger partial charge in [0.15, 0.2) is 17.3 Å². The molecule has 0 radical (unpaired) electrons. The van der Waals surface area contributed by atoms with Crippen molar-refractivity contribution in [3.8, 4) is 11.5 Å². The zero-order valence-electron chi connectivity index (χ0n) is 15.0. The smallest absolute Gasteiger partial charge is 0.307 e. The van der Waals surface area contributed by atoms with Gasteiger partial charge in [0.1, 0.15) is 5.60 Å². The van der Waals surface area contributed by atoms with Crippen LogP contribution in [0.25, 0.3) is 0 Å². The normalized spacial score (nSPS) is 25.7. The number of Topliss-reactive ketones (excluding diaryl/α,β-unsaturated/α-hetero) is 1. The molecular weight excluding hydrogens is 332 g/mol. The van der Waals surface area contributed by atoms with Crippen molar-refractivity contribution in [3.63, 3.8) is 0 Å². The zero-order chi connectivity index (χ0) is 18.3. The van der Waals surface area contributed by atoms with Crippen LogP contribution in [0.5, 0.6) is 11.5 Å². The van der Waals surface area contributed by atoms with Crippen LogP contribution in [0.2, 0.25) is 0 Å². The van der Waals surface area contributed by atoms with E-state index in [0.717, 1.165) is 31.2 Å². The Balaban J connectivity index is 1.72. The number of aliphatic carboxylic acids is 1. The average Bonchev–Trinajstić information content (AvgIpc) is 3.26. The minimum absolute atomic E-state index is 0.0840. The Morgan fingerprint density at radius 2 is 1.85 bits per heavy atom. The minimum Gasteiger partial charge on any atom is -0.493 e. The van der Waals surface area contributed by atoms with E-state index in [2.05, 4.69) is 0 Å². The number of benzene rings is 1. The van der Waals surface area contributed by atoms with Gasteiger partial charge in [0.05, 0.1) is 13.0 Å². The molecule has 1 fully saturated rings. The van der Waals surface area contributed by atoms with E-state index in [1.54, 1.807) is 19.2 Å². The third kappa shape index (κ3) is 2.70. The number of allylic oxidation sites excluding steroid dienone is 2. The van der Waals surface area contributed by atoms with E-state index in [1.165, 1.54) is 0 Å². The second-order valence-electron chi connectivity index (χ2n) is 7.65. The molecule has 0 saturated heterocycles. The van der Waals surface area contributed by atoms with E-state index in [-0.39, 0.29) is 11.4 Å². The van der Waals surface area contributed by atoms with Crippen LogP contribution < -0.4 is 9.47 Å². The van der Waals surface area contributed by atoms with Crippen molar-refractivity contribution in [2.24, 2.45) is 11.8 Å². The number of hydrogen-bond acceptors (Lipinski definition) is 4. The van der Waals surface area contributed by atoms with E-state index in [1.807, 2.05) is 12.2 Å². The van der Waals surface area contributed by atoms with E-state index in [4.69, 9.17) is 9.47 Å². The minimum atomic E-state index is -0.902. The number of fused-ring (bicyclic) bond motifs is 1. The summed E-state index contributed by atoms with van der Waals surface area (Å²) in [6, 6.07) is 3.56. The van der Waals surface area contributed by atoms with Gasteiger partial charge in [-0.3, -0.25) is 9.59 Å². The Morgan fingerprint density at radius 1 is 1.15 bits per heavy atom. The molecule has 1 spiro atoms. The van der Waals surface area contributed by atoms with Gasteiger partial charge >= 0.3 is 5.97 Å².